The quantitative estimate of drug-likeness (QED) is 0.878. The van der Waals surface area contributed by atoms with Crippen LogP contribution >= 0.6 is 0 Å². The van der Waals surface area contributed by atoms with E-state index in [9.17, 15) is 0 Å². The van der Waals surface area contributed by atoms with Crippen LogP contribution < -0.4 is 5.32 Å². The minimum absolute atomic E-state index is 0.138. The summed E-state index contributed by atoms with van der Waals surface area (Å²) in [6, 6.07) is 4.29. The van der Waals surface area contributed by atoms with Gasteiger partial charge in [0, 0.05) is 36.7 Å². The van der Waals surface area contributed by atoms with Crippen LogP contribution in [0.3, 0.4) is 0 Å². The van der Waals surface area contributed by atoms with Crippen molar-refractivity contribution in [3.63, 3.8) is 0 Å². The highest BCUT2D eigenvalue weighted by Crippen LogP contribution is 2.10. The summed E-state index contributed by atoms with van der Waals surface area (Å²) in [6.45, 7) is 11.6. The summed E-state index contributed by atoms with van der Waals surface area (Å²) in [5.74, 6) is 0. The van der Waals surface area contributed by atoms with Crippen molar-refractivity contribution in [1.82, 2.24) is 19.4 Å². The Hall–Kier alpha value is -1.55. The van der Waals surface area contributed by atoms with E-state index >= 15 is 0 Å². The van der Waals surface area contributed by atoms with Gasteiger partial charge >= 0.3 is 0 Å². The van der Waals surface area contributed by atoms with Crippen LogP contribution in [0.25, 0.3) is 0 Å². The summed E-state index contributed by atoms with van der Waals surface area (Å²) in [7, 11) is 0. The minimum atomic E-state index is 0.138. The van der Waals surface area contributed by atoms with Crippen LogP contribution in [0.1, 0.15) is 45.5 Å². The molecule has 4 nitrogen and oxygen atoms in total. The Balaban J connectivity index is 2.06. The maximum atomic E-state index is 4.27. The molecule has 0 spiro atoms. The zero-order valence-corrected chi connectivity index (χ0v) is 13.1. The van der Waals surface area contributed by atoms with E-state index < -0.39 is 0 Å². The number of aromatic nitrogens is 3. The average molecular weight is 274 g/mol. The second-order valence-electron chi connectivity index (χ2n) is 6.31. The molecule has 110 valence electrons. The summed E-state index contributed by atoms with van der Waals surface area (Å²) in [5.41, 5.74) is 2.71. The largest absolute Gasteiger partial charge is 0.344 e. The lowest BCUT2D eigenvalue weighted by atomic mass is 10.1. The zero-order valence-electron chi connectivity index (χ0n) is 13.1. The highest BCUT2D eigenvalue weighted by Gasteiger charge is 2.11. The fourth-order valence-corrected chi connectivity index (χ4v) is 2.22. The molecule has 0 bridgehead atoms. The van der Waals surface area contributed by atoms with E-state index in [4.69, 9.17) is 0 Å². The maximum absolute atomic E-state index is 4.27. The summed E-state index contributed by atoms with van der Waals surface area (Å²) in [4.78, 5) is 4.27. The first-order valence-corrected chi connectivity index (χ1v) is 7.37. The fraction of sp³-hybridized carbons (Fsp3) is 0.562. The lowest BCUT2D eigenvalue weighted by Crippen LogP contribution is -2.35. The van der Waals surface area contributed by atoms with Gasteiger partial charge in [0.1, 0.15) is 0 Å². The monoisotopic (exact) mass is 274 g/mol. The normalized spacial score (nSPS) is 12.0. The van der Waals surface area contributed by atoms with Crippen LogP contribution in [-0.4, -0.2) is 19.7 Å². The number of hydrogen-bond donors (Lipinski definition) is 1. The second kappa shape index (κ2) is 6.27. The van der Waals surface area contributed by atoms with E-state index in [0.717, 1.165) is 26.1 Å². The van der Waals surface area contributed by atoms with Crippen molar-refractivity contribution < 1.29 is 0 Å². The second-order valence-corrected chi connectivity index (χ2v) is 6.31. The number of nitrogens with zero attached hydrogens (tertiary/aromatic N) is 3. The molecule has 2 heterocycles. The maximum Gasteiger partial charge on any atom is 0.0948 e. The van der Waals surface area contributed by atoms with Crippen LogP contribution in [0.4, 0.5) is 0 Å². The van der Waals surface area contributed by atoms with Gasteiger partial charge in [0.2, 0.25) is 0 Å². The Morgan fingerprint density at radius 2 is 2.00 bits per heavy atom. The summed E-state index contributed by atoms with van der Waals surface area (Å²) in [5, 5.41) is 3.54. The molecule has 1 N–H and O–H groups in total. The molecule has 4 heteroatoms. The lowest BCUT2D eigenvalue weighted by Gasteiger charge is -2.21. The van der Waals surface area contributed by atoms with Crippen molar-refractivity contribution in [2.24, 2.45) is 0 Å². The SMILES string of the molecule is CCCn1cncc1Cn1cccc1CNC(C)(C)C. The highest BCUT2D eigenvalue weighted by atomic mass is 15.1. The predicted octanol–water partition coefficient (Wildman–Crippen LogP) is 3.03. The third-order valence-electron chi connectivity index (χ3n) is 3.32. The summed E-state index contributed by atoms with van der Waals surface area (Å²) >= 11 is 0. The molecule has 0 aliphatic heterocycles. The lowest BCUT2D eigenvalue weighted by molar-refractivity contribution is 0.416. The molecule has 0 aliphatic carbocycles. The molecule has 0 saturated heterocycles. The number of imidazole rings is 1. The Labute approximate surface area is 121 Å². The number of rotatable bonds is 6. The molecule has 0 radical (unpaired) electrons. The van der Waals surface area contributed by atoms with Crippen LogP contribution in [0.2, 0.25) is 0 Å². The number of hydrogen-bond acceptors (Lipinski definition) is 2. The zero-order chi connectivity index (χ0) is 14.6. The van der Waals surface area contributed by atoms with E-state index in [1.807, 2.05) is 12.5 Å². The molecule has 0 saturated carbocycles. The van der Waals surface area contributed by atoms with E-state index in [-0.39, 0.29) is 5.54 Å². The van der Waals surface area contributed by atoms with Crippen LogP contribution in [0, 0.1) is 0 Å². The smallest absolute Gasteiger partial charge is 0.0948 e. The van der Waals surface area contributed by atoms with Crippen molar-refractivity contribution >= 4 is 0 Å². The van der Waals surface area contributed by atoms with Gasteiger partial charge in [0.15, 0.2) is 0 Å². The van der Waals surface area contributed by atoms with Crippen LogP contribution in [-0.2, 0) is 19.6 Å². The Morgan fingerprint density at radius 3 is 2.70 bits per heavy atom. The molecular weight excluding hydrogens is 248 g/mol. The van der Waals surface area contributed by atoms with Gasteiger partial charge in [0.25, 0.3) is 0 Å². The molecule has 0 amide bonds. The molecule has 0 atom stereocenters. The fourth-order valence-electron chi connectivity index (χ4n) is 2.22. The minimum Gasteiger partial charge on any atom is -0.344 e. The Morgan fingerprint density at radius 1 is 1.20 bits per heavy atom. The van der Waals surface area contributed by atoms with Gasteiger partial charge in [-0.05, 0) is 39.3 Å². The molecule has 2 aromatic rings. The van der Waals surface area contributed by atoms with Gasteiger partial charge < -0.3 is 14.5 Å². The van der Waals surface area contributed by atoms with E-state index in [1.165, 1.54) is 11.4 Å². The van der Waals surface area contributed by atoms with E-state index in [0.29, 0.717) is 0 Å². The van der Waals surface area contributed by atoms with E-state index in [1.54, 1.807) is 0 Å². The standard InChI is InChI=1S/C16H26N4/c1-5-8-20-13-17-10-15(20)12-19-9-6-7-14(19)11-18-16(2,3)4/h6-7,9-10,13,18H,5,8,11-12H2,1-4H3. The van der Waals surface area contributed by atoms with Crippen molar-refractivity contribution in [3.8, 4) is 0 Å². The van der Waals surface area contributed by atoms with Gasteiger partial charge in [-0.2, -0.15) is 0 Å². The van der Waals surface area contributed by atoms with Crippen molar-refractivity contribution in [3.05, 3.63) is 42.2 Å². The van der Waals surface area contributed by atoms with Crippen molar-refractivity contribution in [2.45, 2.75) is 59.3 Å². The highest BCUT2D eigenvalue weighted by molar-refractivity contribution is 5.11. The molecule has 0 fully saturated rings. The average Bonchev–Trinajstić information content (AvgIpc) is 2.97. The third-order valence-corrected chi connectivity index (χ3v) is 3.32. The van der Waals surface area contributed by atoms with Crippen LogP contribution in [0.5, 0.6) is 0 Å². The predicted molar refractivity (Wildman–Crippen MR) is 82.6 cm³/mol. The molecule has 0 aliphatic rings. The Bertz CT molecular complexity index is 531. The molecule has 0 unspecified atom stereocenters. The van der Waals surface area contributed by atoms with Gasteiger partial charge in [0.05, 0.1) is 18.6 Å². The number of aryl methyl sites for hydroxylation is 1. The van der Waals surface area contributed by atoms with Gasteiger partial charge in [-0.3, -0.25) is 0 Å². The first-order chi connectivity index (χ1) is 9.49. The molecule has 20 heavy (non-hydrogen) atoms. The summed E-state index contributed by atoms with van der Waals surface area (Å²) < 4.78 is 4.53. The molecule has 2 aromatic heterocycles. The summed E-state index contributed by atoms with van der Waals surface area (Å²) in [6.07, 6.45) is 7.17. The Kier molecular flexibility index (Phi) is 4.65. The van der Waals surface area contributed by atoms with Crippen molar-refractivity contribution in [1.29, 1.82) is 0 Å². The first-order valence-electron chi connectivity index (χ1n) is 7.37. The van der Waals surface area contributed by atoms with E-state index in [2.05, 4.69) is 65.5 Å². The molecule has 0 aromatic carbocycles. The third kappa shape index (κ3) is 3.97. The molecule has 2 rings (SSSR count). The van der Waals surface area contributed by atoms with Gasteiger partial charge in [-0.1, -0.05) is 6.92 Å². The molecular formula is C16H26N4. The van der Waals surface area contributed by atoms with Gasteiger partial charge in [-0.15, -0.1) is 0 Å². The van der Waals surface area contributed by atoms with Gasteiger partial charge in [-0.25, -0.2) is 4.98 Å². The van der Waals surface area contributed by atoms with Crippen LogP contribution in [0.15, 0.2) is 30.9 Å². The first kappa shape index (κ1) is 14.9. The topological polar surface area (TPSA) is 34.8 Å². The number of nitrogens with one attached hydrogen (secondary N) is 1. The van der Waals surface area contributed by atoms with Crippen molar-refractivity contribution in [2.75, 3.05) is 0 Å².